The van der Waals surface area contributed by atoms with E-state index in [2.05, 4.69) is 37.2 Å². The van der Waals surface area contributed by atoms with Crippen molar-refractivity contribution in [3.8, 4) is 5.75 Å². The molecule has 3 rings (SSSR count). The van der Waals surface area contributed by atoms with Crippen LogP contribution in [0.3, 0.4) is 0 Å². The third-order valence-corrected chi connectivity index (χ3v) is 7.74. The van der Waals surface area contributed by atoms with Gasteiger partial charge in [0.1, 0.15) is 12.3 Å². The smallest absolute Gasteiger partial charge is 0.326 e. The van der Waals surface area contributed by atoms with Crippen LogP contribution in [-0.4, -0.2) is 58.5 Å². The molecule has 156 valence electrons. The molecule has 1 aliphatic heterocycles. The molecule has 1 aromatic rings. The van der Waals surface area contributed by atoms with Gasteiger partial charge in [0.15, 0.2) is 6.61 Å². The maximum absolute atomic E-state index is 12.5. The van der Waals surface area contributed by atoms with Crippen molar-refractivity contribution < 1.29 is 28.7 Å². The van der Waals surface area contributed by atoms with Gasteiger partial charge in [-0.05, 0) is 25.0 Å². The number of anilines is 1. The van der Waals surface area contributed by atoms with Gasteiger partial charge in [-0.3, -0.25) is 24.1 Å². The number of hydrogen-bond donors (Lipinski definition) is 1. The lowest BCUT2D eigenvalue weighted by atomic mass is 9.81. The first-order chi connectivity index (χ1) is 13.8. The van der Waals surface area contributed by atoms with Gasteiger partial charge in [0, 0.05) is 21.4 Å². The van der Waals surface area contributed by atoms with E-state index in [1.54, 1.807) is 24.3 Å². The molecule has 4 atom stereocenters. The number of benzene rings is 1. The molecule has 0 unspecified atom stereocenters. The fourth-order valence-corrected chi connectivity index (χ4v) is 4.78. The van der Waals surface area contributed by atoms with Crippen molar-refractivity contribution in [2.45, 2.75) is 22.5 Å². The zero-order valence-corrected chi connectivity index (χ0v) is 18.8. The molecule has 8 nitrogen and oxygen atoms in total. The summed E-state index contributed by atoms with van der Waals surface area (Å²) in [5.74, 6) is -2.35. The fourth-order valence-electron chi connectivity index (χ4n) is 3.54. The summed E-state index contributed by atoms with van der Waals surface area (Å²) >= 11 is 7.02. The minimum atomic E-state index is -0.808. The summed E-state index contributed by atoms with van der Waals surface area (Å²) in [6.45, 7) is -1.01. The molecular formula is C19H20Br2N2O6. The Morgan fingerprint density at radius 2 is 1.76 bits per heavy atom. The highest BCUT2D eigenvalue weighted by Gasteiger charge is 2.52. The average Bonchev–Trinajstić information content (AvgIpc) is 2.91. The van der Waals surface area contributed by atoms with E-state index in [0.29, 0.717) is 24.3 Å². The van der Waals surface area contributed by atoms with Gasteiger partial charge < -0.3 is 14.8 Å². The molecule has 2 fully saturated rings. The summed E-state index contributed by atoms with van der Waals surface area (Å²) in [6, 6.07) is 6.73. The number of fused-ring (bicyclic) bond motifs is 1. The van der Waals surface area contributed by atoms with Crippen molar-refractivity contribution in [3.63, 3.8) is 0 Å². The molecule has 0 aromatic heterocycles. The van der Waals surface area contributed by atoms with Gasteiger partial charge in [-0.25, -0.2) is 0 Å². The van der Waals surface area contributed by atoms with Crippen LogP contribution in [-0.2, 0) is 23.9 Å². The number of halogens is 2. The molecule has 1 saturated heterocycles. The van der Waals surface area contributed by atoms with Gasteiger partial charge in [0.2, 0.25) is 11.8 Å². The Bertz CT molecular complexity index is 805. The number of carbonyl (C=O) groups excluding carboxylic acids is 4. The normalized spacial score (nSPS) is 26.1. The quantitative estimate of drug-likeness (QED) is 0.342. The highest BCUT2D eigenvalue weighted by molar-refractivity contribution is 9.12. The van der Waals surface area contributed by atoms with Gasteiger partial charge in [-0.1, -0.05) is 37.9 Å². The summed E-state index contributed by atoms with van der Waals surface area (Å²) < 4.78 is 10.0. The number of nitrogens with zero attached hydrogens (tertiary/aromatic N) is 1. The van der Waals surface area contributed by atoms with Crippen LogP contribution in [0.1, 0.15) is 12.8 Å². The van der Waals surface area contributed by atoms with Gasteiger partial charge in [0.25, 0.3) is 5.91 Å². The van der Waals surface area contributed by atoms with Crippen molar-refractivity contribution in [3.05, 3.63) is 24.3 Å². The molecule has 1 N–H and O–H groups in total. The van der Waals surface area contributed by atoms with E-state index in [-0.39, 0.29) is 21.5 Å². The standard InChI is InChI=1S/C19H20Br2N2O6/c1-28-11-4-2-3-10(5-11)22-16(24)9-29-17(25)8-23-18(26)12-6-14(20)15(21)7-13(12)19(23)27/h2-5,12-15H,6-9H2,1H3,(H,22,24)/t12-,13-,14+,15+/m1/s1. The largest absolute Gasteiger partial charge is 0.497 e. The summed E-state index contributed by atoms with van der Waals surface area (Å²) in [7, 11) is 1.51. The predicted octanol–water partition coefficient (Wildman–Crippen LogP) is 2.10. The van der Waals surface area contributed by atoms with E-state index in [9.17, 15) is 19.2 Å². The number of amides is 3. The van der Waals surface area contributed by atoms with Crippen LogP contribution in [0.5, 0.6) is 5.75 Å². The molecule has 1 aromatic carbocycles. The van der Waals surface area contributed by atoms with Crippen LogP contribution in [0.25, 0.3) is 0 Å². The molecular weight excluding hydrogens is 512 g/mol. The van der Waals surface area contributed by atoms with Crippen LogP contribution in [0.2, 0.25) is 0 Å². The van der Waals surface area contributed by atoms with Gasteiger partial charge in [-0.15, -0.1) is 0 Å². The lowest BCUT2D eigenvalue weighted by molar-refractivity contribution is -0.154. The van der Waals surface area contributed by atoms with E-state index >= 15 is 0 Å². The number of ether oxygens (including phenoxy) is 2. The lowest BCUT2D eigenvalue weighted by Gasteiger charge is -2.29. The topological polar surface area (TPSA) is 102 Å². The van der Waals surface area contributed by atoms with Gasteiger partial charge in [0.05, 0.1) is 18.9 Å². The highest BCUT2D eigenvalue weighted by Crippen LogP contribution is 2.43. The fraction of sp³-hybridized carbons (Fsp3) is 0.474. The third kappa shape index (κ3) is 4.98. The summed E-state index contributed by atoms with van der Waals surface area (Å²) in [5.41, 5.74) is 0.494. The lowest BCUT2D eigenvalue weighted by Crippen LogP contribution is -2.37. The number of alkyl halides is 2. The van der Waals surface area contributed by atoms with Crippen LogP contribution >= 0.6 is 31.9 Å². The molecule has 1 aliphatic carbocycles. The van der Waals surface area contributed by atoms with E-state index < -0.39 is 36.9 Å². The Kier molecular flexibility index (Phi) is 6.94. The van der Waals surface area contributed by atoms with Crippen LogP contribution in [0.15, 0.2) is 24.3 Å². The maximum atomic E-state index is 12.5. The highest BCUT2D eigenvalue weighted by atomic mass is 79.9. The third-order valence-electron chi connectivity index (χ3n) is 5.01. The SMILES string of the molecule is COc1cccc(NC(=O)COC(=O)CN2C(=O)[C@@H]3C[C@H](Br)[C@@H](Br)C[C@H]3C2=O)c1. The van der Waals surface area contributed by atoms with E-state index in [0.717, 1.165) is 4.90 Å². The van der Waals surface area contributed by atoms with Crippen molar-refractivity contribution in [2.75, 3.05) is 25.6 Å². The zero-order chi connectivity index (χ0) is 21.1. The Labute approximate surface area is 184 Å². The number of likely N-dealkylation sites (tertiary alicyclic amines) is 1. The van der Waals surface area contributed by atoms with Crippen molar-refractivity contribution in [1.29, 1.82) is 0 Å². The number of carbonyl (C=O) groups is 4. The molecule has 29 heavy (non-hydrogen) atoms. The van der Waals surface area contributed by atoms with Crippen molar-refractivity contribution >= 4 is 61.2 Å². The first-order valence-corrected chi connectivity index (χ1v) is 10.9. The Balaban J connectivity index is 1.51. The molecule has 0 bridgehead atoms. The van der Waals surface area contributed by atoms with E-state index in [1.807, 2.05) is 0 Å². The zero-order valence-electron chi connectivity index (χ0n) is 15.6. The van der Waals surface area contributed by atoms with Crippen molar-refractivity contribution in [2.24, 2.45) is 11.8 Å². The minimum Gasteiger partial charge on any atom is -0.497 e. The predicted molar refractivity (Wildman–Crippen MR) is 111 cm³/mol. The number of rotatable bonds is 6. The molecule has 0 radical (unpaired) electrons. The number of imide groups is 1. The molecule has 0 spiro atoms. The first kappa shape index (κ1) is 21.8. The molecule has 10 heteroatoms. The van der Waals surface area contributed by atoms with Gasteiger partial charge in [-0.2, -0.15) is 0 Å². The van der Waals surface area contributed by atoms with Crippen LogP contribution in [0, 0.1) is 11.8 Å². The molecule has 1 saturated carbocycles. The second kappa shape index (κ2) is 9.25. The monoisotopic (exact) mass is 530 g/mol. The molecule has 3 amide bonds. The summed E-state index contributed by atoms with van der Waals surface area (Å²) in [6.07, 6.45) is 1.05. The molecule has 1 heterocycles. The second-order valence-corrected chi connectivity index (χ2v) is 9.27. The van der Waals surface area contributed by atoms with Crippen LogP contribution < -0.4 is 10.1 Å². The average molecular weight is 532 g/mol. The van der Waals surface area contributed by atoms with Crippen molar-refractivity contribution in [1.82, 2.24) is 4.90 Å². The maximum Gasteiger partial charge on any atom is 0.326 e. The summed E-state index contributed by atoms with van der Waals surface area (Å²) in [4.78, 5) is 50.3. The number of esters is 1. The summed E-state index contributed by atoms with van der Waals surface area (Å²) in [5, 5.41) is 2.58. The Morgan fingerprint density at radius 1 is 1.14 bits per heavy atom. The molecule has 2 aliphatic rings. The first-order valence-electron chi connectivity index (χ1n) is 9.03. The number of nitrogens with one attached hydrogen (secondary N) is 1. The van der Waals surface area contributed by atoms with Crippen LogP contribution in [0.4, 0.5) is 5.69 Å². The van der Waals surface area contributed by atoms with E-state index in [1.165, 1.54) is 7.11 Å². The van der Waals surface area contributed by atoms with E-state index in [4.69, 9.17) is 9.47 Å². The van der Waals surface area contributed by atoms with Gasteiger partial charge >= 0.3 is 5.97 Å². The number of hydrogen-bond acceptors (Lipinski definition) is 6. The Hall–Kier alpha value is -1.94. The number of methoxy groups -OCH3 is 1. The Morgan fingerprint density at radius 3 is 2.34 bits per heavy atom. The minimum absolute atomic E-state index is 0.0905. The second-order valence-electron chi connectivity index (χ2n) is 6.92.